The quantitative estimate of drug-likeness (QED) is 0.389. The van der Waals surface area contributed by atoms with Gasteiger partial charge >= 0.3 is 0 Å². The highest BCUT2D eigenvalue weighted by Crippen LogP contribution is 2.19. The molecule has 0 aromatic heterocycles. The Balaban J connectivity index is 1.79. The average Bonchev–Trinajstić information content (AvgIpc) is 2.57. The normalized spacial score (nSPS) is 10.8. The third kappa shape index (κ3) is 10.9. The van der Waals surface area contributed by atoms with Gasteiger partial charge in [0.05, 0.1) is 58.5 Å². The minimum Gasteiger partial charge on any atom is -0.489 e. The van der Waals surface area contributed by atoms with E-state index >= 15 is 0 Å². The fourth-order valence-electron chi connectivity index (χ4n) is 1.64. The molecule has 1 rings (SSSR count). The van der Waals surface area contributed by atoms with Gasteiger partial charge in [-0.15, -0.1) is 0 Å². The predicted octanol–water partition coefficient (Wildman–Crippen LogP) is 1.68. The van der Waals surface area contributed by atoms with Gasteiger partial charge < -0.3 is 29.4 Å². The van der Waals surface area contributed by atoms with Crippen molar-refractivity contribution in [3.05, 3.63) is 24.3 Å². The average molecular weight is 331 g/mol. The molecule has 0 fully saturated rings. The van der Waals surface area contributed by atoms with Gasteiger partial charge in [0.1, 0.15) is 19.0 Å². The van der Waals surface area contributed by atoms with E-state index in [0.717, 1.165) is 0 Å². The maximum Gasteiger partial charge on any atom is 0.142 e. The number of rotatable bonds is 15. The minimum atomic E-state index is -0.465. The molecule has 0 aliphatic heterocycles. The molecule has 2 N–H and O–H groups in total. The smallest absolute Gasteiger partial charge is 0.142 e. The maximum atomic E-state index is 11.7. The second-order valence-corrected chi connectivity index (χ2v) is 4.52. The Bertz CT molecular complexity index is 394. The fraction of sp³-hybridized carbons (Fsp3) is 0.625. The van der Waals surface area contributed by atoms with Crippen molar-refractivity contribution in [3.8, 4) is 5.75 Å². The van der Waals surface area contributed by atoms with Gasteiger partial charge in [-0.05, 0) is 12.1 Å². The van der Waals surface area contributed by atoms with Crippen LogP contribution in [0.15, 0.2) is 24.3 Å². The number of nitrogen functional groups attached to an aromatic ring is 1. The second-order valence-electron chi connectivity index (χ2n) is 4.52. The molecule has 23 heavy (non-hydrogen) atoms. The highest BCUT2D eigenvalue weighted by molar-refractivity contribution is 5.51. The molecule has 1 aromatic rings. The molecule has 0 atom stereocenters. The Morgan fingerprint density at radius 1 is 0.696 bits per heavy atom. The number of alkyl halides is 1. The molecule has 0 amide bonds. The number of halogens is 1. The fourth-order valence-corrected chi connectivity index (χ4v) is 1.64. The van der Waals surface area contributed by atoms with E-state index in [0.29, 0.717) is 64.3 Å². The lowest BCUT2D eigenvalue weighted by molar-refractivity contribution is -0.00555. The van der Waals surface area contributed by atoms with Gasteiger partial charge in [0.15, 0.2) is 0 Å². The largest absolute Gasteiger partial charge is 0.489 e. The van der Waals surface area contributed by atoms with Crippen LogP contribution in [0.1, 0.15) is 0 Å². The van der Waals surface area contributed by atoms with E-state index < -0.39 is 6.67 Å². The van der Waals surface area contributed by atoms with Crippen LogP contribution in [0.25, 0.3) is 0 Å². The summed E-state index contributed by atoms with van der Waals surface area (Å²) in [6.07, 6.45) is 0. The summed E-state index contributed by atoms with van der Waals surface area (Å²) in [6.45, 7) is 3.38. The van der Waals surface area contributed by atoms with Crippen molar-refractivity contribution in [2.24, 2.45) is 0 Å². The van der Waals surface area contributed by atoms with E-state index in [1.807, 2.05) is 18.2 Å². The van der Waals surface area contributed by atoms with Crippen LogP contribution in [-0.4, -0.2) is 66.1 Å². The SMILES string of the molecule is Nc1ccccc1OCCOCCOCCOCCOCCF. The maximum absolute atomic E-state index is 11.7. The van der Waals surface area contributed by atoms with E-state index in [1.165, 1.54) is 0 Å². The number of hydrogen-bond donors (Lipinski definition) is 1. The van der Waals surface area contributed by atoms with Crippen LogP contribution in [0.4, 0.5) is 10.1 Å². The Morgan fingerprint density at radius 3 is 1.70 bits per heavy atom. The summed E-state index contributed by atoms with van der Waals surface area (Å²) >= 11 is 0. The van der Waals surface area contributed by atoms with Crippen molar-refractivity contribution < 1.29 is 28.1 Å². The van der Waals surface area contributed by atoms with E-state index in [9.17, 15) is 4.39 Å². The number of nitrogens with two attached hydrogens (primary N) is 1. The lowest BCUT2D eigenvalue weighted by Gasteiger charge is -2.09. The summed E-state index contributed by atoms with van der Waals surface area (Å²) in [5.41, 5.74) is 6.37. The van der Waals surface area contributed by atoms with Crippen LogP contribution in [0, 0.1) is 0 Å². The first-order chi connectivity index (χ1) is 11.3. The molecule has 0 radical (unpaired) electrons. The van der Waals surface area contributed by atoms with Crippen LogP contribution in [0.2, 0.25) is 0 Å². The molecule has 0 heterocycles. The molecule has 1 aromatic carbocycles. The molecule has 6 nitrogen and oxygen atoms in total. The minimum absolute atomic E-state index is 0.123. The summed E-state index contributed by atoms with van der Waals surface area (Å²) in [5.74, 6) is 0.667. The molecular formula is C16H26FNO5. The van der Waals surface area contributed by atoms with Crippen molar-refractivity contribution in [2.45, 2.75) is 0 Å². The van der Waals surface area contributed by atoms with Crippen molar-refractivity contribution in [3.63, 3.8) is 0 Å². The Morgan fingerprint density at radius 2 is 1.17 bits per heavy atom. The monoisotopic (exact) mass is 331 g/mol. The van der Waals surface area contributed by atoms with E-state index in [2.05, 4.69) is 0 Å². The van der Waals surface area contributed by atoms with E-state index in [-0.39, 0.29) is 6.61 Å². The van der Waals surface area contributed by atoms with Gasteiger partial charge in [0, 0.05) is 0 Å². The molecule has 0 saturated heterocycles. The zero-order valence-electron chi connectivity index (χ0n) is 13.4. The van der Waals surface area contributed by atoms with Crippen LogP contribution in [-0.2, 0) is 18.9 Å². The zero-order valence-corrected chi connectivity index (χ0v) is 13.4. The Kier molecular flexibility index (Phi) is 12.1. The first kappa shape index (κ1) is 19.6. The van der Waals surface area contributed by atoms with Gasteiger partial charge in [-0.25, -0.2) is 4.39 Å². The van der Waals surface area contributed by atoms with Crippen molar-refractivity contribution in [2.75, 3.05) is 71.9 Å². The number of ether oxygens (including phenoxy) is 5. The topological polar surface area (TPSA) is 72.2 Å². The van der Waals surface area contributed by atoms with Crippen molar-refractivity contribution >= 4 is 5.69 Å². The Labute approximate surface area is 136 Å². The zero-order chi connectivity index (χ0) is 16.6. The molecule has 0 spiro atoms. The lowest BCUT2D eigenvalue weighted by Crippen LogP contribution is -2.14. The van der Waals surface area contributed by atoms with Crippen LogP contribution >= 0.6 is 0 Å². The van der Waals surface area contributed by atoms with Crippen molar-refractivity contribution in [1.82, 2.24) is 0 Å². The summed E-state index contributed by atoms with van der Waals surface area (Å²) in [5, 5.41) is 0. The summed E-state index contributed by atoms with van der Waals surface area (Å²) in [7, 11) is 0. The van der Waals surface area contributed by atoms with Gasteiger partial charge in [0.2, 0.25) is 0 Å². The third-order valence-corrected chi connectivity index (χ3v) is 2.74. The van der Waals surface area contributed by atoms with Gasteiger partial charge in [0.25, 0.3) is 0 Å². The summed E-state index contributed by atoms with van der Waals surface area (Å²) in [4.78, 5) is 0. The summed E-state index contributed by atoms with van der Waals surface area (Å²) < 4.78 is 38.1. The van der Waals surface area contributed by atoms with Crippen LogP contribution in [0.5, 0.6) is 5.75 Å². The lowest BCUT2D eigenvalue weighted by atomic mass is 10.3. The molecule has 132 valence electrons. The molecule has 0 aliphatic carbocycles. The highest BCUT2D eigenvalue weighted by Gasteiger charge is 1.98. The van der Waals surface area contributed by atoms with Gasteiger partial charge in [-0.1, -0.05) is 12.1 Å². The van der Waals surface area contributed by atoms with Crippen LogP contribution < -0.4 is 10.5 Å². The number of para-hydroxylation sites is 2. The first-order valence-corrected chi connectivity index (χ1v) is 7.69. The molecule has 0 aliphatic rings. The second kappa shape index (κ2) is 14.2. The molecule has 0 bridgehead atoms. The predicted molar refractivity (Wildman–Crippen MR) is 85.6 cm³/mol. The number of anilines is 1. The van der Waals surface area contributed by atoms with Crippen LogP contribution in [0.3, 0.4) is 0 Å². The molecular weight excluding hydrogens is 305 g/mol. The molecule has 0 saturated carbocycles. The van der Waals surface area contributed by atoms with E-state index in [1.54, 1.807) is 6.07 Å². The number of hydrogen-bond acceptors (Lipinski definition) is 6. The Hall–Kier alpha value is -1.41. The van der Waals surface area contributed by atoms with E-state index in [4.69, 9.17) is 29.4 Å². The van der Waals surface area contributed by atoms with Gasteiger partial charge in [-0.2, -0.15) is 0 Å². The highest BCUT2D eigenvalue weighted by atomic mass is 19.1. The molecule has 7 heteroatoms. The van der Waals surface area contributed by atoms with Crippen molar-refractivity contribution in [1.29, 1.82) is 0 Å². The first-order valence-electron chi connectivity index (χ1n) is 7.69. The number of benzene rings is 1. The molecule has 0 unspecified atom stereocenters. The summed E-state index contributed by atoms with van der Waals surface area (Å²) in [6, 6.07) is 7.34. The van der Waals surface area contributed by atoms with Gasteiger partial charge in [-0.3, -0.25) is 0 Å². The standard InChI is InChI=1S/C16H26FNO5/c17-5-6-19-7-8-20-9-10-21-11-12-22-13-14-23-16-4-2-1-3-15(16)18/h1-4H,5-14,18H2. The third-order valence-electron chi connectivity index (χ3n) is 2.74.